The molecule has 0 aromatic rings. The van der Waals surface area contributed by atoms with Gasteiger partial charge in [-0.3, -0.25) is 4.79 Å². The van der Waals surface area contributed by atoms with Crippen molar-refractivity contribution in [3.05, 3.63) is 0 Å². The predicted octanol–water partition coefficient (Wildman–Crippen LogP) is 0.546. The van der Waals surface area contributed by atoms with Gasteiger partial charge < -0.3 is 15.2 Å². The third-order valence-electron chi connectivity index (χ3n) is 1.63. The first kappa shape index (κ1) is 13.4. The van der Waals surface area contributed by atoms with Gasteiger partial charge in [-0.05, 0) is 12.3 Å². The summed E-state index contributed by atoms with van der Waals surface area (Å²) in [5.41, 5.74) is 0.144. The number of nitrogens with one attached hydrogen (secondary N) is 1. The average Bonchev–Trinajstić information content (AvgIpc) is 2.09. The highest BCUT2D eigenvalue weighted by Crippen LogP contribution is 2.10. The van der Waals surface area contributed by atoms with Crippen LogP contribution in [-0.4, -0.2) is 36.9 Å². The van der Waals surface area contributed by atoms with Gasteiger partial charge in [0.15, 0.2) is 0 Å². The predicted molar refractivity (Wildman–Crippen MR) is 55.0 cm³/mol. The summed E-state index contributed by atoms with van der Waals surface area (Å²) < 4.78 is 4.77. The first-order valence-electron chi connectivity index (χ1n) is 4.87. The fourth-order valence-electron chi connectivity index (χ4n) is 0.814. The minimum atomic E-state index is -0.319. The number of aliphatic hydroxyl groups excluding tert-OH is 1. The molecule has 0 aromatic heterocycles. The molecule has 2 N–H and O–H groups in total. The molecule has 0 aliphatic heterocycles. The highest BCUT2D eigenvalue weighted by molar-refractivity contribution is 5.75. The largest absolute Gasteiger partial charge is 0.462 e. The summed E-state index contributed by atoms with van der Waals surface area (Å²) in [7, 11) is 0. The highest BCUT2D eigenvalue weighted by Gasteiger charge is 2.17. The van der Waals surface area contributed by atoms with Crippen molar-refractivity contribution in [3.63, 3.8) is 0 Å². The van der Waals surface area contributed by atoms with Crippen molar-refractivity contribution in [2.75, 3.05) is 19.8 Å². The van der Waals surface area contributed by atoms with E-state index in [0.29, 0.717) is 0 Å². The van der Waals surface area contributed by atoms with Crippen molar-refractivity contribution < 1.29 is 14.6 Å². The number of ether oxygens (including phenoxy) is 1. The van der Waals surface area contributed by atoms with Crippen LogP contribution in [0.4, 0.5) is 0 Å². The summed E-state index contributed by atoms with van der Waals surface area (Å²) in [5, 5.41) is 11.5. The first-order valence-corrected chi connectivity index (χ1v) is 4.87. The second-order valence-electron chi connectivity index (χ2n) is 4.55. The fourth-order valence-corrected chi connectivity index (χ4v) is 0.814. The number of rotatable bonds is 5. The molecule has 4 heteroatoms. The lowest BCUT2D eigenvalue weighted by Gasteiger charge is -2.21. The molecule has 0 heterocycles. The van der Waals surface area contributed by atoms with Crippen LogP contribution in [0, 0.1) is 5.41 Å². The Morgan fingerprint density at radius 3 is 2.50 bits per heavy atom. The van der Waals surface area contributed by atoms with E-state index in [4.69, 9.17) is 9.84 Å². The van der Waals surface area contributed by atoms with Gasteiger partial charge in [0, 0.05) is 6.54 Å². The molecule has 0 bridgehead atoms. The van der Waals surface area contributed by atoms with Crippen LogP contribution in [0.1, 0.15) is 27.7 Å². The minimum Gasteiger partial charge on any atom is -0.462 e. The van der Waals surface area contributed by atoms with Gasteiger partial charge in [-0.2, -0.15) is 0 Å². The molecule has 84 valence electrons. The molecular formula is C10H21NO3. The molecule has 1 atom stereocenters. The Kier molecular flexibility index (Phi) is 5.72. The Labute approximate surface area is 85.6 Å². The molecule has 4 nitrogen and oxygen atoms in total. The van der Waals surface area contributed by atoms with Gasteiger partial charge >= 0.3 is 5.97 Å². The molecule has 0 aliphatic carbocycles. The van der Waals surface area contributed by atoms with E-state index in [9.17, 15) is 4.79 Å². The summed E-state index contributed by atoms with van der Waals surface area (Å²) in [4.78, 5) is 11.2. The van der Waals surface area contributed by atoms with Gasteiger partial charge in [0.1, 0.15) is 12.6 Å². The van der Waals surface area contributed by atoms with Gasteiger partial charge in [-0.25, -0.2) is 0 Å². The molecule has 0 fully saturated rings. The molecule has 0 rings (SSSR count). The van der Waals surface area contributed by atoms with E-state index in [0.717, 1.165) is 6.54 Å². The Morgan fingerprint density at radius 2 is 2.07 bits per heavy atom. The third-order valence-corrected chi connectivity index (χ3v) is 1.63. The summed E-state index contributed by atoms with van der Waals surface area (Å²) in [6, 6.07) is -0.319. The van der Waals surface area contributed by atoms with Crippen molar-refractivity contribution in [1.82, 2.24) is 5.32 Å². The Morgan fingerprint density at radius 1 is 1.50 bits per heavy atom. The lowest BCUT2D eigenvalue weighted by Crippen LogP contribution is -2.40. The SMILES string of the molecule is C[C@@H](NCC(C)(C)C)C(=O)OCCO. The van der Waals surface area contributed by atoms with E-state index in [1.165, 1.54) is 0 Å². The zero-order valence-corrected chi connectivity index (χ0v) is 9.46. The summed E-state index contributed by atoms with van der Waals surface area (Å²) in [5.74, 6) is -0.316. The van der Waals surface area contributed by atoms with Crippen LogP contribution in [0.3, 0.4) is 0 Å². The zero-order chi connectivity index (χ0) is 11.2. The lowest BCUT2D eigenvalue weighted by atomic mass is 9.97. The number of carbonyl (C=O) groups is 1. The van der Waals surface area contributed by atoms with E-state index in [1.54, 1.807) is 6.92 Å². The van der Waals surface area contributed by atoms with Gasteiger partial charge in [0.05, 0.1) is 6.61 Å². The summed E-state index contributed by atoms with van der Waals surface area (Å²) in [6.07, 6.45) is 0. The second-order valence-corrected chi connectivity index (χ2v) is 4.55. The Hall–Kier alpha value is -0.610. The number of carbonyl (C=O) groups excluding carboxylic acids is 1. The first-order chi connectivity index (χ1) is 6.37. The zero-order valence-electron chi connectivity index (χ0n) is 9.46. The number of aliphatic hydroxyl groups is 1. The highest BCUT2D eigenvalue weighted by atomic mass is 16.5. The Bertz CT molecular complexity index is 175. The van der Waals surface area contributed by atoms with E-state index in [-0.39, 0.29) is 30.6 Å². The van der Waals surface area contributed by atoms with Crippen LogP contribution in [-0.2, 0) is 9.53 Å². The average molecular weight is 203 g/mol. The quantitative estimate of drug-likeness (QED) is 0.640. The van der Waals surface area contributed by atoms with Crippen molar-refractivity contribution in [2.24, 2.45) is 5.41 Å². The monoisotopic (exact) mass is 203 g/mol. The van der Waals surface area contributed by atoms with Crippen LogP contribution in [0.15, 0.2) is 0 Å². The molecular weight excluding hydrogens is 182 g/mol. The molecule has 0 radical (unpaired) electrons. The number of hydrogen-bond donors (Lipinski definition) is 2. The smallest absolute Gasteiger partial charge is 0.322 e. The maximum Gasteiger partial charge on any atom is 0.322 e. The minimum absolute atomic E-state index is 0.0698. The van der Waals surface area contributed by atoms with Gasteiger partial charge in [0.25, 0.3) is 0 Å². The number of esters is 1. The van der Waals surface area contributed by atoms with Crippen LogP contribution < -0.4 is 5.32 Å². The molecule has 0 aliphatic rings. The summed E-state index contributed by atoms with van der Waals surface area (Å²) in [6.45, 7) is 8.72. The maximum absolute atomic E-state index is 11.2. The third kappa shape index (κ3) is 6.86. The normalized spacial score (nSPS) is 13.8. The van der Waals surface area contributed by atoms with E-state index in [2.05, 4.69) is 26.1 Å². The fraction of sp³-hybridized carbons (Fsp3) is 0.900. The summed E-state index contributed by atoms with van der Waals surface area (Å²) >= 11 is 0. The molecule has 14 heavy (non-hydrogen) atoms. The van der Waals surface area contributed by atoms with Crippen LogP contribution in [0.5, 0.6) is 0 Å². The topological polar surface area (TPSA) is 58.6 Å². The van der Waals surface area contributed by atoms with E-state index < -0.39 is 0 Å². The van der Waals surface area contributed by atoms with Gasteiger partial charge in [-0.1, -0.05) is 20.8 Å². The molecule has 0 unspecified atom stereocenters. The molecule has 0 saturated carbocycles. The molecule has 0 aromatic carbocycles. The van der Waals surface area contributed by atoms with Crippen LogP contribution in [0.2, 0.25) is 0 Å². The van der Waals surface area contributed by atoms with E-state index in [1.807, 2.05) is 0 Å². The van der Waals surface area contributed by atoms with Crippen molar-refractivity contribution in [2.45, 2.75) is 33.7 Å². The second kappa shape index (κ2) is 5.98. The molecule has 0 amide bonds. The Balaban J connectivity index is 3.73. The van der Waals surface area contributed by atoms with Crippen molar-refractivity contribution >= 4 is 5.97 Å². The van der Waals surface area contributed by atoms with Crippen LogP contribution in [0.25, 0.3) is 0 Å². The lowest BCUT2D eigenvalue weighted by molar-refractivity contribution is -0.146. The number of hydrogen-bond acceptors (Lipinski definition) is 4. The standard InChI is InChI=1S/C10H21NO3/c1-8(9(13)14-6-5-12)11-7-10(2,3)4/h8,11-12H,5-7H2,1-4H3/t8-/m1/s1. The van der Waals surface area contributed by atoms with Crippen molar-refractivity contribution in [3.8, 4) is 0 Å². The van der Waals surface area contributed by atoms with E-state index >= 15 is 0 Å². The maximum atomic E-state index is 11.2. The molecule has 0 saturated heterocycles. The van der Waals surface area contributed by atoms with Gasteiger partial charge in [0.2, 0.25) is 0 Å². The van der Waals surface area contributed by atoms with Crippen molar-refractivity contribution in [1.29, 1.82) is 0 Å². The van der Waals surface area contributed by atoms with Gasteiger partial charge in [-0.15, -0.1) is 0 Å². The molecule has 0 spiro atoms. The van der Waals surface area contributed by atoms with Crippen LogP contribution >= 0.6 is 0 Å².